The summed E-state index contributed by atoms with van der Waals surface area (Å²) in [6.45, 7) is 4.99. The van der Waals surface area contributed by atoms with E-state index in [1.54, 1.807) is 17.0 Å². The molecule has 18 heavy (non-hydrogen) atoms. The molecular formula is C14H21FN2O. The third-order valence-electron chi connectivity index (χ3n) is 3.09. The van der Waals surface area contributed by atoms with E-state index in [2.05, 4.69) is 0 Å². The Morgan fingerprint density at radius 2 is 2.06 bits per heavy atom. The number of amides is 1. The molecule has 0 bridgehead atoms. The molecule has 2 N–H and O–H groups in total. The second kappa shape index (κ2) is 7.11. The molecule has 4 heteroatoms. The van der Waals surface area contributed by atoms with Crippen molar-refractivity contribution in [2.45, 2.75) is 32.7 Å². The number of benzene rings is 1. The van der Waals surface area contributed by atoms with Gasteiger partial charge < -0.3 is 10.6 Å². The molecule has 0 aliphatic rings. The molecule has 0 atom stereocenters. The monoisotopic (exact) mass is 252 g/mol. The Bertz CT molecular complexity index is 391. The molecule has 0 saturated heterocycles. The minimum atomic E-state index is -0.391. The summed E-state index contributed by atoms with van der Waals surface area (Å²) in [7, 11) is 0. The lowest BCUT2D eigenvalue weighted by molar-refractivity contribution is 0.0674. The van der Waals surface area contributed by atoms with Crippen molar-refractivity contribution in [3.8, 4) is 0 Å². The Balaban J connectivity index is 2.95. The maximum Gasteiger partial charge on any atom is 0.254 e. The van der Waals surface area contributed by atoms with Gasteiger partial charge in [0.25, 0.3) is 5.91 Å². The lowest BCUT2D eigenvalue weighted by Gasteiger charge is -2.30. The van der Waals surface area contributed by atoms with Crippen LogP contribution in [0.5, 0.6) is 0 Å². The average molecular weight is 252 g/mol. The van der Waals surface area contributed by atoms with Gasteiger partial charge in [-0.15, -0.1) is 0 Å². The number of nitrogens with zero attached hydrogens (tertiary/aromatic N) is 1. The van der Waals surface area contributed by atoms with Gasteiger partial charge in [0.2, 0.25) is 0 Å². The molecule has 0 aromatic heterocycles. The fourth-order valence-electron chi connectivity index (χ4n) is 2.11. The first-order valence-electron chi connectivity index (χ1n) is 6.40. The van der Waals surface area contributed by atoms with Crippen molar-refractivity contribution in [2.75, 3.05) is 13.1 Å². The zero-order valence-corrected chi connectivity index (χ0v) is 11.0. The fourth-order valence-corrected chi connectivity index (χ4v) is 2.11. The average Bonchev–Trinajstić information content (AvgIpc) is 2.38. The molecule has 1 aromatic carbocycles. The molecule has 1 rings (SSSR count). The second-order valence-electron chi connectivity index (χ2n) is 4.27. The van der Waals surface area contributed by atoms with Crippen LogP contribution in [-0.2, 0) is 0 Å². The van der Waals surface area contributed by atoms with E-state index < -0.39 is 5.82 Å². The summed E-state index contributed by atoms with van der Waals surface area (Å²) in [5.74, 6) is -0.535. The highest BCUT2D eigenvalue weighted by molar-refractivity contribution is 5.94. The zero-order chi connectivity index (χ0) is 13.5. The van der Waals surface area contributed by atoms with Gasteiger partial charge in [-0.2, -0.15) is 0 Å². The van der Waals surface area contributed by atoms with Crippen LogP contribution in [-0.4, -0.2) is 29.9 Å². The second-order valence-corrected chi connectivity index (χ2v) is 4.27. The summed E-state index contributed by atoms with van der Waals surface area (Å²) in [4.78, 5) is 14.1. The van der Waals surface area contributed by atoms with Crippen molar-refractivity contribution < 1.29 is 9.18 Å². The maximum absolute atomic E-state index is 13.1. The van der Waals surface area contributed by atoms with E-state index in [9.17, 15) is 9.18 Å². The molecule has 0 fully saturated rings. The highest BCUT2D eigenvalue weighted by atomic mass is 19.1. The molecule has 3 nitrogen and oxygen atoms in total. The Hall–Kier alpha value is -1.42. The number of rotatable bonds is 6. The van der Waals surface area contributed by atoms with E-state index in [-0.39, 0.29) is 11.9 Å². The molecule has 100 valence electrons. The van der Waals surface area contributed by atoms with Crippen LogP contribution in [0.15, 0.2) is 24.3 Å². The summed E-state index contributed by atoms with van der Waals surface area (Å²) >= 11 is 0. The predicted octanol–water partition coefficient (Wildman–Crippen LogP) is 2.42. The molecule has 1 aromatic rings. The fraction of sp³-hybridized carbons (Fsp3) is 0.500. The minimum Gasteiger partial charge on any atom is -0.334 e. The first-order valence-corrected chi connectivity index (χ1v) is 6.40. The zero-order valence-electron chi connectivity index (χ0n) is 11.0. The number of hydrogen-bond acceptors (Lipinski definition) is 2. The van der Waals surface area contributed by atoms with E-state index >= 15 is 0 Å². The summed E-state index contributed by atoms with van der Waals surface area (Å²) in [5.41, 5.74) is 5.94. The van der Waals surface area contributed by atoms with Crippen LogP contribution in [0.3, 0.4) is 0 Å². The molecule has 0 aliphatic carbocycles. The molecular weight excluding hydrogens is 231 g/mol. The summed E-state index contributed by atoms with van der Waals surface area (Å²) in [5, 5.41) is 0. The van der Waals surface area contributed by atoms with Crippen LogP contribution in [0, 0.1) is 5.82 Å². The SMILES string of the molecule is CCC(CC)N(CCN)C(=O)c1cccc(F)c1. The van der Waals surface area contributed by atoms with Crippen molar-refractivity contribution in [1.82, 2.24) is 4.90 Å². The summed E-state index contributed by atoms with van der Waals surface area (Å²) < 4.78 is 13.1. The van der Waals surface area contributed by atoms with Crippen LogP contribution < -0.4 is 5.73 Å². The molecule has 0 radical (unpaired) electrons. The van der Waals surface area contributed by atoms with Gasteiger partial charge >= 0.3 is 0 Å². The van der Waals surface area contributed by atoms with Crippen molar-refractivity contribution in [3.63, 3.8) is 0 Å². The highest BCUT2D eigenvalue weighted by Crippen LogP contribution is 2.14. The normalized spacial score (nSPS) is 10.7. The van der Waals surface area contributed by atoms with Gasteiger partial charge in [0.1, 0.15) is 5.82 Å². The Labute approximate surface area is 108 Å². The van der Waals surface area contributed by atoms with Crippen molar-refractivity contribution in [3.05, 3.63) is 35.6 Å². The van der Waals surface area contributed by atoms with Gasteiger partial charge in [-0.05, 0) is 31.0 Å². The van der Waals surface area contributed by atoms with Gasteiger partial charge in [0.15, 0.2) is 0 Å². The summed E-state index contributed by atoms with van der Waals surface area (Å²) in [6, 6.07) is 5.95. The number of carbonyl (C=O) groups is 1. The minimum absolute atomic E-state index is 0.145. The topological polar surface area (TPSA) is 46.3 Å². The number of carbonyl (C=O) groups excluding carboxylic acids is 1. The maximum atomic E-state index is 13.1. The van der Waals surface area contributed by atoms with Crippen molar-refractivity contribution in [1.29, 1.82) is 0 Å². The van der Waals surface area contributed by atoms with Gasteiger partial charge in [-0.1, -0.05) is 19.9 Å². The first kappa shape index (κ1) is 14.6. The number of halogens is 1. The largest absolute Gasteiger partial charge is 0.334 e. The van der Waals surface area contributed by atoms with Crippen LogP contribution in [0.4, 0.5) is 4.39 Å². The Morgan fingerprint density at radius 1 is 1.39 bits per heavy atom. The van der Waals surface area contributed by atoms with E-state index in [0.29, 0.717) is 18.7 Å². The Kier molecular flexibility index (Phi) is 5.78. The van der Waals surface area contributed by atoms with E-state index in [0.717, 1.165) is 12.8 Å². The van der Waals surface area contributed by atoms with Gasteiger partial charge in [-0.25, -0.2) is 4.39 Å². The van der Waals surface area contributed by atoms with E-state index in [1.165, 1.54) is 12.1 Å². The third kappa shape index (κ3) is 3.53. The van der Waals surface area contributed by atoms with Crippen LogP contribution in [0.1, 0.15) is 37.0 Å². The standard InChI is InChI=1S/C14H21FN2O/c1-3-13(4-2)17(9-8-16)14(18)11-6-5-7-12(15)10-11/h5-7,10,13H,3-4,8-9,16H2,1-2H3. The third-order valence-corrected chi connectivity index (χ3v) is 3.09. The number of nitrogens with two attached hydrogens (primary N) is 1. The molecule has 0 unspecified atom stereocenters. The Morgan fingerprint density at radius 3 is 2.56 bits per heavy atom. The van der Waals surface area contributed by atoms with E-state index in [1.807, 2.05) is 13.8 Å². The van der Waals surface area contributed by atoms with Crippen molar-refractivity contribution >= 4 is 5.91 Å². The highest BCUT2D eigenvalue weighted by Gasteiger charge is 2.21. The van der Waals surface area contributed by atoms with Crippen LogP contribution in [0.25, 0.3) is 0 Å². The molecule has 0 heterocycles. The van der Waals surface area contributed by atoms with Crippen LogP contribution in [0.2, 0.25) is 0 Å². The summed E-state index contributed by atoms with van der Waals surface area (Å²) in [6.07, 6.45) is 1.75. The lowest BCUT2D eigenvalue weighted by atomic mass is 10.1. The lowest BCUT2D eigenvalue weighted by Crippen LogP contribution is -2.42. The smallest absolute Gasteiger partial charge is 0.254 e. The molecule has 1 amide bonds. The van der Waals surface area contributed by atoms with Gasteiger partial charge in [0.05, 0.1) is 0 Å². The molecule has 0 aliphatic heterocycles. The van der Waals surface area contributed by atoms with E-state index in [4.69, 9.17) is 5.73 Å². The first-order chi connectivity index (χ1) is 8.63. The predicted molar refractivity (Wildman–Crippen MR) is 70.9 cm³/mol. The molecule has 0 saturated carbocycles. The van der Waals surface area contributed by atoms with Gasteiger partial charge in [-0.3, -0.25) is 4.79 Å². The van der Waals surface area contributed by atoms with Crippen LogP contribution >= 0.6 is 0 Å². The van der Waals surface area contributed by atoms with Gasteiger partial charge in [0, 0.05) is 24.7 Å². The van der Waals surface area contributed by atoms with Crippen molar-refractivity contribution in [2.24, 2.45) is 5.73 Å². The number of hydrogen-bond donors (Lipinski definition) is 1. The quantitative estimate of drug-likeness (QED) is 0.845. The molecule has 0 spiro atoms.